The Hall–Kier alpha value is -1.70. The maximum absolute atomic E-state index is 5.92. The van der Waals surface area contributed by atoms with E-state index in [0.29, 0.717) is 62.4 Å². The first-order valence-corrected chi connectivity index (χ1v) is 7.12. The Morgan fingerprint density at radius 2 is 2.14 bits per heavy atom. The molecular formula is C14H19N3O4. The van der Waals surface area contributed by atoms with Crippen molar-refractivity contribution in [3.8, 4) is 11.7 Å². The molecule has 1 aliphatic heterocycles. The third kappa shape index (κ3) is 2.72. The molecule has 2 aromatic heterocycles. The summed E-state index contributed by atoms with van der Waals surface area (Å²) < 4.78 is 22.2. The maximum Gasteiger partial charge on any atom is 0.293 e. The lowest BCUT2D eigenvalue weighted by Crippen LogP contribution is -2.37. The lowest BCUT2D eigenvalue weighted by Gasteiger charge is -2.33. The van der Waals surface area contributed by atoms with Gasteiger partial charge in [-0.05, 0) is 19.1 Å². The fraction of sp³-hybridized carbons (Fsp3) is 0.571. The Morgan fingerprint density at radius 3 is 2.81 bits per heavy atom. The summed E-state index contributed by atoms with van der Waals surface area (Å²) in [5, 5.41) is 4.08. The Morgan fingerprint density at radius 1 is 1.33 bits per heavy atom. The first-order chi connectivity index (χ1) is 10.3. The fourth-order valence-corrected chi connectivity index (χ4v) is 2.52. The smallest absolute Gasteiger partial charge is 0.293 e. The van der Waals surface area contributed by atoms with Crippen LogP contribution in [0.2, 0.25) is 0 Å². The molecule has 0 aliphatic carbocycles. The van der Waals surface area contributed by atoms with Crippen molar-refractivity contribution in [3.63, 3.8) is 0 Å². The number of hydrogen-bond acceptors (Lipinski definition) is 7. The van der Waals surface area contributed by atoms with Crippen molar-refractivity contribution in [2.75, 3.05) is 19.8 Å². The van der Waals surface area contributed by atoms with Gasteiger partial charge >= 0.3 is 0 Å². The lowest BCUT2D eigenvalue weighted by atomic mass is 9.93. The molecule has 0 unspecified atom stereocenters. The highest BCUT2D eigenvalue weighted by atomic mass is 16.5. The van der Waals surface area contributed by atoms with E-state index < -0.39 is 5.60 Å². The molecule has 7 heteroatoms. The lowest BCUT2D eigenvalue weighted by molar-refractivity contribution is -0.118. The van der Waals surface area contributed by atoms with Crippen LogP contribution in [-0.4, -0.2) is 30.0 Å². The van der Waals surface area contributed by atoms with E-state index >= 15 is 0 Å². The Labute approximate surface area is 122 Å². The zero-order valence-corrected chi connectivity index (χ0v) is 12.0. The average molecular weight is 293 g/mol. The zero-order chi connectivity index (χ0) is 14.7. The van der Waals surface area contributed by atoms with Gasteiger partial charge in [0.05, 0.1) is 6.54 Å². The molecule has 0 amide bonds. The zero-order valence-electron chi connectivity index (χ0n) is 12.0. The molecule has 0 radical (unpaired) electrons. The summed E-state index contributed by atoms with van der Waals surface area (Å²) >= 11 is 0. The number of furan rings is 1. The summed E-state index contributed by atoms with van der Waals surface area (Å²) in [6.45, 7) is 4.13. The minimum atomic E-state index is -0.530. The van der Waals surface area contributed by atoms with Crippen LogP contribution in [0.25, 0.3) is 11.7 Å². The summed E-state index contributed by atoms with van der Waals surface area (Å²) in [5.41, 5.74) is 5.00. The number of aromatic nitrogens is 2. The first-order valence-electron chi connectivity index (χ1n) is 7.12. The quantitative estimate of drug-likeness (QED) is 0.898. The highest BCUT2D eigenvalue weighted by Crippen LogP contribution is 2.35. The third-order valence-electron chi connectivity index (χ3n) is 3.63. The first kappa shape index (κ1) is 14.2. The van der Waals surface area contributed by atoms with Crippen LogP contribution in [0.1, 0.15) is 31.4 Å². The molecule has 1 aliphatic rings. The summed E-state index contributed by atoms with van der Waals surface area (Å²) in [5.74, 6) is 2.09. The van der Waals surface area contributed by atoms with Crippen molar-refractivity contribution < 1.29 is 18.4 Å². The highest BCUT2D eigenvalue weighted by Gasteiger charge is 2.40. The number of hydrogen-bond donors (Lipinski definition) is 1. The minimum absolute atomic E-state index is 0.335. The summed E-state index contributed by atoms with van der Waals surface area (Å²) in [6, 6.07) is 3.57. The van der Waals surface area contributed by atoms with Crippen molar-refractivity contribution in [2.24, 2.45) is 5.73 Å². The van der Waals surface area contributed by atoms with Crippen LogP contribution < -0.4 is 5.73 Å². The van der Waals surface area contributed by atoms with Gasteiger partial charge in [-0.25, -0.2) is 0 Å². The number of nitrogens with two attached hydrogens (primary N) is 1. The van der Waals surface area contributed by atoms with Crippen LogP contribution in [0.4, 0.5) is 0 Å². The highest BCUT2D eigenvalue weighted by molar-refractivity contribution is 5.44. The normalized spacial score (nSPS) is 18.0. The number of ether oxygens (including phenoxy) is 2. The molecule has 0 aromatic carbocycles. The van der Waals surface area contributed by atoms with Crippen LogP contribution >= 0.6 is 0 Å². The van der Waals surface area contributed by atoms with Crippen molar-refractivity contribution in [1.82, 2.24) is 10.1 Å². The topological polar surface area (TPSA) is 96.5 Å². The van der Waals surface area contributed by atoms with Crippen molar-refractivity contribution in [1.29, 1.82) is 0 Å². The van der Waals surface area contributed by atoms with Gasteiger partial charge < -0.3 is 24.1 Å². The molecule has 1 fully saturated rings. The van der Waals surface area contributed by atoms with E-state index in [9.17, 15) is 0 Å². The van der Waals surface area contributed by atoms with Crippen molar-refractivity contribution >= 4 is 0 Å². The summed E-state index contributed by atoms with van der Waals surface area (Å²) in [7, 11) is 0. The van der Waals surface area contributed by atoms with E-state index in [-0.39, 0.29) is 0 Å². The molecule has 2 N–H and O–H groups in total. The van der Waals surface area contributed by atoms with Crippen LogP contribution in [-0.2, 0) is 21.6 Å². The summed E-state index contributed by atoms with van der Waals surface area (Å²) in [6.07, 6.45) is 1.43. The Balaban J connectivity index is 1.88. The van der Waals surface area contributed by atoms with Gasteiger partial charge in [0.25, 0.3) is 5.89 Å². The molecule has 3 heterocycles. The van der Waals surface area contributed by atoms with Crippen LogP contribution in [0.15, 0.2) is 21.1 Å². The van der Waals surface area contributed by atoms with Crippen LogP contribution in [0.5, 0.6) is 0 Å². The van der Waals surface area contributed by atoms with E-state index in [2.05, 4.69) is 10.1 Å². The standard InChI is InChI=1S/C14H19N3O4/c1-2-19-14(5-7-18-8-6-14)13-16-12(21-17-13)11-4-3-10(9-15)20-11/h3-4H,2,5-9,15H2,1H3. The minimum Gasteiger partial charge on any atom is -0.455 e. The molecule has 114 valence electrons. The molecule has 2 aromatic rings. The second-order valence-corrected chi connectivity index (χ2v) is 4.93. The van der Waals surface area contributed by atoms with E-state index in [4.69, 9.17) is 24.1 Å². The predicted molar refractivity (Wildman–Crippen MR) is 73.2 cm³/mol. The SMILES string of the molecule is CCOC1(c2noc(-c3ccc(CN)o3)n2)CCOCC1. The molecule has 0 saturated carbocycles. The monoisotopic (exact) mass is 293 g/mol. The van der Waals surface area contributed by atoms with E-state index in [1.165, 1.54) is 0 Å². The van der Waals surface area contributed by atoms with Gasteiger partial charge in [0.15, 0.2) is 5.76 Å². The van der Waals surface area contributed by atoms with E-state index in [1.54, 1.807) is 12.1 Å². The van der Waals surface area contributed by atoms with Gasteiger partial charge in [-0.15, -0.1) is 0 Å². The van der Waals surface area contributed by atoms with Crippen molar-refractivity contribution in [2.45, 2.75) is 31.9 Å². The van der Waals surface area contributed by atoms with Gasteiger partial charge in [-0.1, -0.05) is 5.16 Å². The van der Waals surface area contributed by atoms with Gasteiger partial charge in [0, 0.05) is 32.7 Å². The third-order valence-corrected chi connectivity index (χ3v) is 3.63. The molecule has 0 spiro atoms. The van der Waals surface area contributed by atoms with Crippen molar-refractivity contribution in [3.05, 3.63) is 23.7 Å². The maximum atomic E-state index is 5.92. The van der Waals surface area contributed by atoms with Gasteiger partial charge in [-0.2, -0.15) is 4.98 Å². The van der Waals surface area contributed by atoms with Gasteiger partial charge in [0.2, 0.25) is 5.82 Å². The second kappa shape index (κ2) is 5.97. The van der Waals surface area contributed by atoms with E-state index in [0.717, 1.165) is 0 Å². The fourth-order valence-electron chi connectivity index (χ4n) is 2.52. The molecule has 21 heavy (non-hydrogen) atoms. The van der Waals surface area contributed by atoms with E-state index in [1.807, 2.05) is 6.92 Å². The molecule has 0 atom stereocenters. The molecule has 3 rings (SSSR count). The number of nitrogens with zero attached hydrogens (tertiary/aromatic N) is 2. The molecule has 0 bridgehead atoms. The Bertz CT molecular complexity index is 581. The van der Waals surface area contributed by atoms with Gasteiger partial charge in [-0.3, -0.25) is 0 Å². The van der Waals surface area contributed by atoms with Crippen LogP contribution in [0.3, 0.4) is 0 Å². The second-order valence-electron chi connectivity index (χ2n) is 4.93. The predicted octanol–water partition coefficient (Wildman–Crippen LogP) is 1.83. The Kier molecular flexibility index (Phi) is 4.05. The van der Waals surface area contributed by atoms with Gasteiger partial charge in [0.1, 0.15) is 11.4 Å². The molecule has 1 saturated heterocycles. The van der Waals surface area contributed by atoms with Crippen LogP contribution in [0, 0.1) is 0 Å². The molecular weight excluding hydrogens is 274 g/mol. The molecule has 7 nitrogen and oxygen atoms in total. The average Bonchev–Trinajstić information content (AvgIpc) is 3.17. The summed E-state index contributed by atoms with van der Waals surface area (Å²) in [4.78, 5) is 4.45. The largest absolute Gasteiger partial charge is 0.455 e. The number of rotatable bonds is 5.